The lowest BCUT2D eigenvalue weighted by Crippen LogP contribution is -2.19. The van der Waals surface area contributed by atoms with Crippen LogP contribution in [0.2, 0.25) is 0 Å². The number of para-hydroxylation sites is 1. The molecule has 0 atom stereocenters. The molecule has 8 heteroatoms. The van der Waals surface area contributed by atoms with Crippen molar-refractivity contribution < 1.29 is 14.1 Å². The van der Waals surface area contributed by atoms with Gasteiger partial charge in [0.05, 0.1) is 33.9 Å². The van der Waals surface area contributed by atoms with E-state index in [9.17, 15) is 19.3 Å². The van der Waals surface area contributed by atoms with Crippen molar-refractivity contribution >= 4 is 17.8 Å². The Morgan fingerprint density at radius 2 is 2.09 bits per heavy atom. The van der Waals surface area contributed by atoms with Gasteiger partial charge in [0, 0.05) is 6.07 Å². The van der Waals surface area contributed by atoms with Gasteiger partial charge in [0.15, 0.2) is 0 Å². The molecule has 7 nitrogen and oxygen atoms in total. The van der Waals surface area contributed by atoms with Crippen molar-refractivity contribution in [2.24, 2.45) is 5.10 Å². The number of rotatable bonds is 4. The van der Waals surface area contributed by atoms with E-state index in [1.165, 1.54) is 24.3 Å². The summed E-state index contributed by atoms with van der Waals surface area (Å²) in [5.41, 5.74) is 1.90. The smallest absolute Gasteiger partial charge is 0.267 e. The van der Waals surface area contributed by atoms with Crippen LogP contribution in [0.5, 0.6) is 0 Å². The number of carbonyl (C=O) groups excluding carboxylic acids is 1. The number of nitro groups is 1. The van der Waals surface area contributed by atoms with Crippen LogP contribution in [0, 0.1) is 27.3 Å². The fourth-order valence-corrected chi connectivity index (χ4v) is 1.75. The quantitative estimate of drug-likeness (QED) is 0.531. The van der Waals surface area contributed by atoms with E-state index in [0.29, 0.717) is 0 Å². The molecule has 2 aromatic carbocycles. The molecule has 0 aliphatic rings. The van der Waals surface area contributed by atoms with E-state index in [2.05, 4.69) is 10.5 Å². The molecule has 0 fully saturated rings. The van der Waals surface area contributed by atoms with Crippen LogP contribution in [0.25, 0.3) is 0 Å². The highest BCUT2D eigenvalue weighted by Gasteiger charge is 2.12. The summed E-state index contributed by atoms with van der Waals surface area (Å²) in [6.07, 6.45) is 1.09. The van der Waals surface area contributed by atoms with Gasteiger partial charge in [-0.1, -0.05) is 12.1 Å². The first kappa shape index (κ1) is 15.8. The monoisotopic (exact) mass is 312 g/mol. The lowest BCUT2D eigenvalue weighted by atomic mass is 10.1. The minimum atomic E-state index is -0.859. The maximum Gasteiger partial charge on any atom is 0.278 e. The third kappa shape index (κ3) is 3.74. The number of nitriles is 1. The largest absolute Gasteiger partial charge is 0.278 e. The highest BCUT2D eigenvalue weighted by atomic mass is 19.1. The highest BCUT2D eigenvalue weighted by molar-refractivity contribution is 5.95. The van der Waals surface area contributed by atoms with Crippen LogP contribution >= 0.6 is 0 Å². The minimum absolute atomic E-state index is 0.0856. The zero-order valence-corrected chi connectivity index (χ0v) is 11.6. The number of nitrogens with zero attached hydrogens (tertiary/aromatic N) is 3. The fourth-order valence-electron chi connectivity index (χ4n) is 1.75. The van der Waals surface area contributed by atoms with Crippen LogP contribution in [0.4, 0.5) is 10.1 Å². The zero-order valence-electron chi connectivity index (χ0n) is 11.6. The molecule has 1 N–H and O–H groups in total. The van der Waals surface area contributed by atoms with Gasteiger partial charge >= 0.3 is 0 Å². The maximum atomic E-state index is 13.7. The molecule has 0 saturated heterocycles. The molecule has 0 aromatic heterocycles. The van der Waals surface area contributed by atoms with Crippen LogP contribution in [-0.4, -0.2) is 17.0 Å². The summed E-state index contributed by atoms with van der Waals surface area (Å²) in [6, 6.07) is 11.0. The second-order valence-corrected chi connectivity index (χ2v) is 4.32. The minimum Gasteiger partial charge on any atom is -0.267 e. The van der Waals surface area contributed by atoms with Gasteiger partial charge in [0.1, 0.15) is 5.82 Å². The second kappa shape index (κ2) is 6.91. The summed E-state index contributed by atoms with van der Waals surface area (Å²) < 4.78 is 13.7. The predicted molar refractivity (Wildman–Crippen MR) is 79.3 cm³/mol. The molecular formula is C15H9FN4O3. The Kier molecular flexibility index (Phi) is 4.74. The third-order valence-corrected chi connectivity index (χ3v) is 2.85. The Hall–Kier alpha value is -3.60. The highest BCUT2D eigenvalue weighted by Crippen LogP contribution is 2.15. The molecule has 114 valence electrons. The summed E-state index contributed by atoms with van der Waals surface area (Å²) in [7, 11) is 0. The summed E-state index contributed by atoms with van der Waals surface area (Å²) >= 11 is 0. The maximum absolute atomic E-state index is 13.7. The number of nitro benzene ring substituents is 1. The summed E-state index contributed by atoms with van der Waals surface area (Å²) in [5, 5.41) is 23.0. The number of nitrogens with one attached hydrogen (secondary N) is 1. The molecule has 0 aliphatic heterocycles. The molecular weight excluding hydrogens is 303 g/mol. The van der Waals surface area contributed by atoms with Gasteiger partial charge in [-0.05, 0) is 24.3 Å². The Labute approximate surface area is 129 Å². The Balaban J connectivity index is 2.14. The van der Waals surface area contributed by atoms with Crippen molar-refractivity contribution in [1.82, 2.24) is 5.43 Å². The van der Waals surface area contributed by atoms with Crippen molar-refractivity contribution in [3.05, 3.63) is 75.1 Å². The van der Waals surface area contributed by atoms with Crippen molar-refractivity contribution in [2.75, 3.05) is 0 Å². The van der Waals surface area contributed by atoms with Crippen molar-refractivity contribution in [3.63, 3.8) is 0 Å². The van der Waals surface area contributed by atoms with Gasteiger partial charge in [-0.15, -0.1) is 0 Å². The summed E-state index contributed by atoms with van der Waals surface area (Å²) in [6.45, 7) is 0. The Morgan fingerprint density at radius 1 is 1.35 bits per heavy atom. The first-order valence-corrected chi connectivity index (χ1v) is 6.29. The Bertz CT molecular complexity index is 843. The number of carbonyl (C=O) groups is 1. The molecule has 0 unspecified atom stereocenters. The lowest BCUT2D eigenvalue weighted by molar-refractivity contribution is -0.385. The van der Waals surface area contributed by atoms with Crippen molar-refractivity contribution in [1.29, 1.82) is 5.26 Å². The van der Waals surface area contributed by atoms with E-state index in [-0.39, 0.29) is 22.4 Å². The average molecular weight is 312 g/mol. The van der Waals surface area contributed by atoms with Crippen LogP contribution in [0.15, 0.2) is 47.6 Å². The van der Waals surface area contributed by atoms with E-state index in [4.69, 9.17) is 5.26 Å². The van der Waals surface area contributed by atoms with Gasteiger partial charge in [0.25, 0.3) is 11.6 Å². The van der Waals surface area contributed by atoms with E-state index in [1.54, 1.807) is 12.1 Å². The lowest BCUT2D eigenvalue weighted by Gasteiger charge is -2.02. The van der Waals surface area contributed by atoms with Gasteiger partial charge in [0.2, 0.25) is 0 Å². The van der Waals surface area contributed by atoms with Crippen molar-refractivity contribution in [3.8, 4) is 6.07 Å². The topological polar surface area (TPSA) is 108 Å². The van der Waals surface area contributed by atoms with Gasteiger partial charge in [-0.2, -0.15) is 10.4 Å². The van der Waals surface area contributed by atoms with Crippen LogP contribution in [0.3, 0.4) is 0 Å². The van der Waals surface area contributed by atoms with Crippen LogP contribution in [-0.2, 0) is 0 Å². The molecule has 0 heterocycles. The number of hydrogen-bond donors (Lipinski definition) is 1. The number of halogens is 1. The van der Waals surface area contributed by atoms with Crippen molar-refractivity contribution in [2.45, 2.75) is 0 Å². The molecule has 1 amide bonds. The molecule has 0 bridgehead atoms. The predicted octanol–water partition coefficient (Wildman–Crippen LogP) is 2.37. The van der Waals surface area contributed by atoms with Gasteiger partial charge in [-0.25, -0.2) is 9.82 Å². The molecule has 0 saturated carbocycles. The van der Waals surface area contributed by atoms with Gasteiger partial charge in [-0.3, -0.25) is 14.9 Å². The van der Waals surface area contributed by atoms with Crippen LogP contribution in [0.1, 0.15) is 21.5 Å². The third-order valence-electron chi connectivity index (χ3n) is 2.85. The Morgan fingerprint density at radius 3 is 2.74 bits per heavy atom. The standard InChI is InChI=1S/C15H9FN4O3/c16-13-7-10(8-17)5-6-12(13)15(21)19-18-9-11-3-1-2-4-14(11)20(22)23/h1-7,9H,(H,19,21). The molecule has 0 radical (unpaired) electrons. The number of amides is 1. The first-order chi connectivity index (χ1) is 11.0. The van der Waals surface area contributed by atoms with Crippen LogP contribution < -0.4 is 5.43 Å². The normalized spacial score (nSPS) is 10.3. The molecule has 2 aromatic rings. The zero-order chi connectivity index (χ0) is 16.8. The van der Waals surface area contributed by atoms with E-state index in [0.717, 1.165) is 18.3 Å². The first-order valence-electron chi connectivity index (χ1n) is 6.29. The summed E-state index contributed by atoms with van der Waals surface area (Å²) in [5.74, 6) is -1.69. The molecule has 0 aliphatic carbocycles. The van der Waals surface area contributed by atoms with E-state index >= 15 is 0 Å². The molecule has 0 spiro atoms. The molecule has 23 heavy (non-hydrogen) atoms. The average Bonchev–Trinajstić information content (AvgIpc) is 2.54. The number of hydrogen-bond acceptors (Lipinski definition) is 5. The van der Waals surface area contributed by atoms with E-state index in [1.807, 2.05) is 0 Å². The van der Waals surface area contributed by atoms with Gasteiger partial charge < -0.3 is 0 Å². The second-order valence-electron chi connectivity index (χ2n) is 4.32. The SMILES string of the molecule is N#Cc1ccc(C(=O)NN=Cc2ccccc2[N+](=O)[O-])c(F)c1. The van der Waals surface area contributed by atoms with E-state index < -0.39 is 16.6 Å². The molecule has 2 rings (SSSR count). The number of hydrazone groups is 1. The summed E-state index contributed by atoms with van der Waals surface area (Å²) in [4.78, 5) is 22.0. The fraction of sp³-hybridized carbons (Fsp3) is 0. The number of benzene rings is 2.